The van der Waals surface area contributed by atoms with Crippen molar-refractivity contribution in [3.63, 3.8) is 0 Å². The fraction of sp³-hybridized carbons (Fsp3) is 0.600. The van der Waals surface area contributed by atoms with Crippen molar-refractivity contribution in [1.82, 2.24) is 16.6 Å². The SMILES string of the molecule is C=C.CC(C)(C)C.CNN(CCC=C=O)CCCCCC(C)c1ccc(F)cc1.N. The summed E-state index contributed by atoms with van der Waals surface area (Å²) in [5, 5.41) is 2.12. The molecule has 1 rings (SSSR count). The van der Waals surface area contributed by atoms with Crippen LogP contribution in [0.2, 0.25) is 0 Å². The van der Waals surface area contributed by atoms with Crippen LogP contribution in [0.1, 0.15) is 78.2 Å². The molecule has 1 atom stereocenters. The first kappa shape index (κ1) is 32.9. The van der Waals surface area contributed by atoms with E-state index in [0.29, 0.717) is 11.3 Å². The van der Waals surface area contributed by atoms with Gasteiger partial charge in [0.15, 0.2) is 0 Å². The summed E-state index contributed by atoms with van der Waals surface area (Å²) in [7, 11) is 1.90. The Balaban J connectivity index is -0.000000795. The summed E-state index contributed by atoms with van der Waals surface area (Å²) in [6.45, 7) is 18.8. The highest BCUT2D eigenvalue weighted by Crippen LogP contribution is 2.22. The van der Waals surface area contributed by atoms with Gasteiger partial charge in [0.05, 0.1) is 0 Å². The maximum atomic E-state index is 12.9. The smallest absolute Gasteiger partial charge is 0.123 e. The Hall–Kier alpha value is -1.78. The monoisotopic (exact) mass is 423 g/mol. The maximum Gasteiger partial charge on any atom is 0.123 e. The fourth-order valence-corrected chi connectivity index (χ4v) is 2.50. The summed E-state index contributed by atoms with van der Waals surface area (Å²) in [5.41, 5.74) is 4.85. The Morgan fingerprint density at radius 3 is 2.10 bits per heavy atom. The van der Waals surface area contributed by atoms with Crippen molar-refractivity contribution in [2.24, 2.45) is 5.41 Å². The zero-order valence-electron chi connectivity index (χ0n) is 20.3. The average molecular weight is 424 g/mol. The Labute approximate surface area is 185 Å². The summed E-state index contributed by atoms with van der Waals surface area (Å²) < 4.78 is 12.9. The molecule has 0 aliphatic rings. The topological polar surface area (TPSA) is 67.3 Å². The zero-order chi connectivity index (χ0) is 22.7. The van der Waals surface area contributed by atoms with Crippen molar-refractivity contribution >= 4 is 5.94 Å². The number of benzene rings is 1. The van der Waals surface area contributed by atoms with E-state index in [4.69, 9.17) is 0 Å². The molecule has 0 aromatic heterocycles. The van der Waals surface area contributed by atoms with Crippen molar-refractivity contribution in [3.8, 4) is 0 Å². The predicted octanol–water partition coefficient (Wildman–Crippen LogP) is 6.72. The number of halogens is 1. The Bertz CT molecular complexity index is 543. The van der Waals surface area contributed by atoms with E-state index in [-0.39, 0.29) is 12.0 Å². The molecular formula is C25H46FN3O. The summed E-state index contributed by atoms with van der Waals surface area (Å²) >= 11 is 0. The molecule has 0 amide bonds. The molecule has 0 bridgehead atoms. The van der Waals surface area contributed by atoms with Gasteiger partial charge in [-0.15, -0.1) is 13.2 Å². The van der Waals surface area contributed by atoms with Crippen molar-refractivity contribution in [3.05, 3.63) is 54.9 Å². The largest absolute Gasteiger partial charge is 0.344 e. The number of hydrogen-bond acceptors (Lipinski definition) is 4. The minimum absolute atomic E-state index is 0. The van der Waals surface area contributed by atoms with Crippen LogP contribution in [-0.4, -0.2) is 31.1 Å². The van der Waals surface area contributed by atoms with Crippen LogP contribution in [0.5, 0.6) is 0 Å². The molecule has 1 aromatic carbocycles. The van der Waals surface area contributed by atoms with Crippen LogP contribution < -0.4 is 11.6 Å². The Kier molecular flexibility index (Phi) is 22.5. The van der Waals surface area contributed by atoms with Crippen LogP contribution in [0.3, 0.4) is 0 Å². The van der Waals surface area contributed by atoms with Crippen LogP contribution in [-0.2, 0) is 4.79 Å². The molecule has 0 saturated carbocycles. The molecule has 4 nitrogen and oxygen atoms in total. The van der Waals surface area contributed by atoms with Crippen LogP contribution in [0.15, 0.2) is 43.5 Å². The minimum atomic E-state index is -0.174. The van der Waals surface area contributed by atoms with Gasteiger partial charge in [-0.25, -0.2) is 14.2 Å². The van der Waals surface area contributed by atoms with Crippen LogP contribution >= 0.6 is 0 Å². The quantitative estimate of drug-likeness (QED) is 0.179. The third kappa shape index (κ3) is 22.5. The first-order chi connectivity index (χ1) is 13.7. The lowest BCUT2D eigenvalue weighted by Gasteiger charge is -2.20. The summed E-state index contributed by atoms with van der Waals surface area (Å²) in [6, 6.07) is 6.82. The molecule has 0 aliphatic heterocycles. The summed E-state index contributed by atoms with van der Waals surface area (Å²) in [6.07, 6.45) is 6.85. The molecule has 0 saturated heterocycles. The van der Waals surface area contributed by atoms with Gasteiger partial charge in [-0.2, -0.15) is 0 Å². The van der Waals surface area contributed by atoms with E-state index in [2.05, 4.69) is 58.2 Å². The second-order valence-corrected chi connectivity index (χ2v) is 8.62. The summed E-state index contributed by atoms with van der Waals surface area (Å²) in [4.78, 5) is 10.1. The number of hydrazine groups is 1. The van der Waals surface area contributed by atoms with Crippen molar-refractivity contribution in [2.45, 2.75) is 72.6 Å². The second-order valence-electron chi connectivity index (χ2n) is 8.62. The van der Waals surface area contributed by atoms with Gasteiger partial charge in [-0.05, 0) is 55.3 Å². The zero-order valence-corrected chi connectivity index (χ0v) is 20.3. The molecule has 1 aromatic rings. The number of nitrogens with zero attached hydrogens (tertiary/aromatic N) is 1. The van der Waals surface area contributed by atoms with E-state index in [1.54, 1.807) is 5.94 Å². The number of hydrogen-bond donors (Lipinski definition) is 2. The van der Waals surface area contributed by atoms with Crippen molar-refractivity contribution in [1.29, 1.82) is 0 Å². The van der Waals surface area contributed by atoms with E-state index < -0.39 is 0 Å². The van der Waals surface area contributed by atoms with E-state index in [0.717, 1.165) is 32.4 Å². The van der Waals surface area contributed by atoms with E-state index >= 15 is 0 Å². The van der Waals surface area contributed by atoms with Gasteiger partial charge in [0.1, 0.15) is 11.8 Å². The Morgan fingerprint density at radius 2 is 1.63 bits per heavy atom. The Morgan fingerprint density at radius 1 is 1.10 bits per heavy atom. The normalized spacial score (nSPS) is 11.1. The van der Waals surface area contributed by atoms with Crippen molar-refractivity contribution < 1.29 is 9.18 Å². The van der Waals surface area contributed by atoms with Crippen molar-refractivity contribution in [2.75, 3.05) is 20.1 Å². The van der Waals surface area contributed by atoms with Gasteiger partial charge in [0, 0.05) is 19.2 Å². The average Bonchev–Trinajstić information content (AvgIpc) is 2.67. The highest BCUT2D eigenvalue weighted by molar-refractivity contribution is 5.44. The number of rotatable bonds is 11. The van der Waals surface area contributed by atoms with Gasteiger partial charge in [0.2, 0.25) is 0 Å². The molecular weight excluding hydrogens is 377 g/mol. The van der Waals surface area contributed by atoms with Gasteiger partial charge >= 0.3 is 0 Å². The standard InChI is InChI=1S/C18H27FN2O.C5H12.C2H4.H3N/c1-16(17-9-11-18(19)12-10-17)8-4-3-5-13-21(20-2)14-6-7-15-22;1-5(2,3)4;1-2;/h7,9-12,16,20H,3-6,8,13-14H2,1-2H3;1-4H3;1-2H2;1H3. The van der Waals surface area contributed by atoms with Gasteiger partial charge in [0.25, 0.3) is 0 Å². The van der Waals surface area contributed by atoms with E-state index in [1.807, 2.05) is 19.2 Å². The van der Waals surface area contributed by atoms with Crippen LogP contribution in [0.25, 0.3) is 0 Å². The molecule has 0 aliphatic carbocycles. The first-order valence-electron chi connectivity index (χ1n) is 10.5. The third-order valence-electron chi connectivity index (χ3n) is 3.95. The molecule has 0 heterocycles. The third-order valence-corrected chi connectivity index (χ3v) is 3.95. The summed E-state index contributed by atoms with van der Waals surface area (Å²) in [5.74, 6) is 2.10. The first-order valence-corrected chi connectivity index (χ1v) is 10.5. The highest BCUT2D eigenvalue weighted by atomic mass is 19.1. The minimum Gasteiger partial charge on any atom is -0.344 e. The highest BCUT2D eigenvalue weighted by Gasteiger charge is 2.06. The van der Waals surface area contributed by atoms with Crippen LogP contribution in [0, 0.1) is 11.2 Å². The lowest BCUT2D eigenvalue weighted by molar-refractivity contribution is 0.206. The van der Waals surface area contributed by atoms with Gasteiger partial charge < -0.3 is 6.15 Å². The predicted molar refractivity (Wildman–Crippen MR) is 130 cm³/mol. The molecule has 174 valence electrons. The lowest BCUT2D eigenvalue weighted by Crippen LogP contribution is -2.36. The maximum absolute atomic E-state index is 12.9. The molecule has 1 unspecified atom stereocenters. The molecule has 0 fully saturated rings. The number of nitrogens with one attached hydrogen (secondary N) is 1. The fourth-order valence-electron chi connectivity index (χ4n) is 2.50. The second kappa shape index (κ2) is 20.5. The lowest BCUT2D eigenvalue weighted by atomic mass is 9.95. The molecule has 0 spiro atoms. The number of unbranched alkanes of at least 4 members (excludes halogenated alkanes) is 2. The molecule has 4 N–H and O–H groups in total. The van der Waals surface area contributed by atoms with E-state index in [1.165, 1.54) is 36.6 Å². The van der Waals surface area contributed by atoms with Gasteiger partial charge in [-0.3, -0.25) is 5.43 Å². The van der Waals surface area contributed by atoms with E-state index in [9.17, 15) is 9.18 Å². The number of carbonyl (C=O) groups excluding carboxylic acids is 1. The molecule has 0 radical (unpaired) electrons. The van der Waals surface area contributed by atoms with Crippen LogP contribution in [0.4, 0.5) is 4.39 Å². The van der Waals surface area contributed by atoms with Gasteiger partial charge in [-0.1, -0.05) is 59.6 Å². The molecule has 5 heteroatoms. The molecule has 30 heavy (non-hydrogen) atoms.